The zero-order chi connectivity index (χ0) is 12.8. The van der Waals surface area contributed by atoms with Crippen LogP contribution in [-0.2, 0) is 11.3 Å². The summed E-state index contributed by atoms with van der Waals surface area (Å²) in [4.78, 5) is 14.5. The third kappa shape index (κ3) is 4.40. The van der Waals surface area contributed by atoms with Gasteiger partial charge in [0.05, 0.1) is 5.25 Å². The molecule has 0 aliphatic heterocycles. The first-order valence-corrected chi connectivity index (χ1v) is 6.54. The largest absolute Gasteiger partial charge is 0.348 e. The summed E-state index contributed by atoms with van der Waals surface area (Å²) < 4.78 is 0. The minimum atomic E-state index is -0.0415. The van der Waals surface area contributed by atoms with Gasteiger partial charge in [-0.2, -0.15) is 0 Å². The van der Waals surface area contributed by atoms with Crippen molar-refractivity contribution in [2.24, 2.45) is 0 Å². The third-order valence-electron chi connectivity index (χ3n) is 2.41. The Morgan fingerprint density at radius 3 is 2.41 bits per heavy atom. The van der Waals surface area contributed by atoms with E-state index in [9.17, 15) is 4.79 Å². The molecule has 0 radical (unpaired) electrons. The van der Waals surface area contributed by atoms with E-state index in [2.05, 4.69) is 29.6 Å². The lowest BCUT2D eigenvalue weighted by molar-refractivity contribution is -0.127. The van der Waals surface area contributed by atoms with Crippen molar-refractivity contribution in [2.45, 2.75) is 23.6 Å². The maximum absolute atomic E-state index is 11.7. The van der Waals surface area contributed by atoms with E-state index in [1.807, 2.05) is 14.0 Å². The molecule has 0 saturated carbocycles. The third-order valence-corrected chi connectivity index (χ3v) is 3.51. The zero-order valence-electron chi connectivity index (χ0n) is 10.9. The van der Waals surface area contributed by atoms with Gasteiger partial charge in [0.15, 0.2) is 0 Å². The van der Waals surface area contributed by atoms with Gasteiger partial charge in [-0.05, 0) is 31.7 Å². The SMILES string of the molecule is CNCc1ccc(SC(C)C(=O)N(C)C)cc1. The molecule has 0 aliphatic carbocycles. The van der Waals surface area contributed by atoms with Crippen molar-refractivity contribution in [1.29, 1.82) is 0 Å². The Morgan fingerprint density at radius 2 is 1.94 bits per heavy atom. The van der Waals surface area contributed by atoms with Crippen molar-refractivity contribution in [3.8, 4) is 0 Å². The lowest BCUT2D eigenvalue weighted by Gasteiger charge is -2.16. The topological polar surface area (TPSA) is 32.3 Å². The maximum Gasteiger partial charge on any atom is 0.235 e. The first-order chi connectivity index (χ1) is 8.04. The molecule has 94 valence electrons. The van der Waals surface area contributed by atoms with Crippen LogP contribution < -0.4 is 5.32 Å². The van der Waals surface area contributed by atoms with E-state index in [1.54, 1.807) is 30.8 Å². The molecule has 0 saturated heterocycles. The summed E-state index contributed by atoms with van der Waals surface area (Å²) in [7, 11) is 5.51. The summed E-state index contributed by atoms with van der Waals surface area (Å²) in [6.45, 7) is 2.81. The predicted octanol–water partition coefficient (Wildman–Crippen LogP) is 1.97. The molecule has 1 N–H and O–H groups in total. The summed E-state index contributed by atoms with van der Waals surface area (Å²) >= 11 is 1.60. The minimum absolute atomic E-state index is 0.0415. The fourth-order valence-corrected chi connectivity index (χ4v) is 2.52. The van der Waals surface area contributed by atoms with Crippen LogP contribution in [0.5, 0.6) is 0 Å². The van der Waals surface area contributed by atoms with Crippen LogP contribution in [0, 0.1) is 0 Å². The molecule has 0 bridgehead atoms. The van der Waals surface area contributed by atoms with Crippen molar-refractivity contribution in [2.75, 3.05) is 21.1 Å². The van der Waals surface area contributed by atoms with Gasteiger partial charge in [0.1, 0.15) is 0 Å². The van der Waals surface area contributed by atoms with Gasteiger partial charge in [0, 0.05) is 25.5 Å². The van der Waals surface area contributed by atoms with Crippen LogP contribution in [0.2, 0.25) is 0 Å². The molecule has 4 heteroatoms. The molecular formula is C13H20N2OS. The van der Waals surface area contributed by atoms with E-state index in [4.69, 9.17) is 0 Å². The zero-order valence-corrected chi connectivity index (χ0v) is 11.7. The Morgan fingerprint density at radius 1 is 1.35 bits per heavy atom. The van der Waals surface area contributed by atoms with Gasteiger partial charge in [-0.15, -0.1) is 11.8 Å². The van der Waals surface area contributed by atoms with E-state index in [0.29, 0.717) is 0 Å². The Balaban J connectivity index is 2.60. The van der Waals surface area contributed by atoms with Crippen LogP contribution in [0.25, 0.3) is 0 Å². The fourth-order valence-electron chi connectivity index (χ4n) is 1.51. The Bertz CT molecular complexity index is 362. The molecule has 0 aliphatic rings. The van der Waals surface area contributed by atoms with E-state index in [0.717, 1.165) is 11.4 Å². The van der Waals surface area contributed by atoms with Gasteiger partial charge in [-0.3, -0.25) is 4.79 Å². The number of nitrogens with zero attached hydrogens (tertiary/aromatic N) is 1. The van der Waals surface area contributed by atoms with Crippen molar-refractivity contribution in [3.63, 3.8) is 0 Å². The molecule has 0 heterocycles. The number of amides is 1. The standard InChI is InChI=1S/C13H20N2OS/c1-10(13(16)15(3)4)17-12-7-5-11(6-8-12)9-14-2/h5-8,10,14H,9H2,1-4H3. The van der Waals surface area contributed by atoms with Crippen LogP contribution in [0.15, 0.2) is 29.2 Å². The number of carbonyl (C=O) groups is 1. The van der Waals surface area contributed by atoms with Crippen molar-refractivity contribution < 1.29 is 4.79 Å². The second-order valence-corrected chi connectivity index (χ2v) is 5.58. The van der Waals surface area contributed by atoms with Gasteiger partial charge >= 0.3 is 0 Å². The number of benzene rings is 1. The molecule has 1 unspecified atom stereocenters. The number of hydrogen-bond donors (Lipinski definition) is 1. The van der Waals surface area contributed by atoms with Gasteiger partial charge in [-0.25, -0.2) is 0 Å². The van der Waals surface area contributed by atoms with E-state index >= 15 is 0 Å². The number of thioether (sulfide) groups is 1. The van der Waals surface area contributed by atoms with Crippen LogP contribution in [0.3, 0.4) is 0 Å². The van der Waals surface area contributed by atoms with Crippen molar-refractivity contribution >= 4 is 17.7 Å². The molecule has 1 rings (SSSR count). The van der Waals surface area contributed by atoms with Crippen molar-refractivity contribution in [3.05, 3.63) is 29.8 Å². The number of rotatable bonds is 5. The molecule has 0 spiro atoms. The molecule has 1 atom stereocenters. The highest BCUT2D eigenvalue weighted by molar-refractivity contribution is 8.00. The molecule has 3 nitrogen and oxygen atoms in total. The predicted molar refractivity (Wildman–Crippen MR) is 73.2 cm³/mol. The molecule has 0 aromatic heterocycles. The summed E-state index contributed by atoms with van der Waals surface area (Å²) in [6, 6.07) is 8.31. The first kappa shape index (κ1) is 14.1. The smallest absolute Gasteiger partial charge is 0.235 e. The molecule has 1 aromatic carbocycles. The average molecular weight is 252 g/mol. The Hall–Kier alpha value is -1.00. The highest BCUT2D eigenvalue weighted by atomic mass is 32.2. The monoisotopic (exact) mass is 252 g/mol. The highest BCUT2D eigenvalue weighted by Gasteiger charge is 2.15. The van der Waals surface area contributed by atoms with Crippen LogP contribution in [0.1, 0.15) is 12.5 Å². The molecular weight excluding hydrogens is 232 g/mol. The fraction of sp³-hybridized carbons (Fsp3) is 0.462. The minimum Gasteiger partial charge on any atom is -0.348 e. The second-order valence-electron chi connectivity index (χ2n) is 4.17. The second kappa shape index (κ2) is 6.67. The molecule has 1 amide bonds. The average Bonchev–Trinajstić information content (AvgIpc) is 2.30. The lowest BCUT2D eigenvalue weighted by Crippen LogP contribution is -2.29. The quantitative estimate of drug-likeness (QED) is 0.813. The summed E-state index contributed by atoms with van der Waals surface area (Å²) in [5, 5.41) is 3.07. The number of carbonyl (C=O) groups excluding carboxylic acids is 1. The summed E-state index contributed by atoms with van der Waals surface area (Å²) in [5.41, 5.74) is 1.25. The van der Waals surface area contributed by atoms with Gasteiger partial charge in [-0.1, -0.05) is 12.1 Å². The van der Waals surface area contributed by atoms with Gasteiger partial charge in [0.2, 0.25) is 5.91 Å². The molecule has 17 heavy (non-hydrogen) atoms. The number of hydrogen-bond acceptors (Lipinski definition) is 3. The Labute approximate surface area is 108 Å². The first-order valence-electron chi connectivity index (χ1n) is 5.66. The van der Waals surface area contributed by atoms with Crippen LogP contribution in [0.4, 0.5) is 0 Å². The van der Waals surface area contributed by atoms with E-state index < -0.39 is 0 Å². The lowest BCUT2D eigenvalue weighted by atomic mass is 10.2. The summed E-state index contributed by atoms with van der Waals surface area (Å²) in [5.74, 6) is 0.148. The highest BCUT2D eigenvalue weighted by Crippen LogP contribution is 2.24. The van der Waals surface area contributed by atoms with Crippen molar-refractivity contribution in [1.82, 2.24) is 10.2 Å². The van der Waals surface area contributed by atoms with E-state index in [-0.39, 0.29) is 11.2 Å². The van der Waals surface area contributed by atoms with Crippen LogP contribution >= 0.6 is 11.8 Å². The molecule has 0 fully saturated rings. The number of nitrogens with one attached hydrogen (secondary N) is 1. The van der Waals surface area contributed by atoms with E-state index in [1.165, 1.54) is 5.56 Å². The van der Waals surface area contributed by atoms with Gasteiger partial charge < -0.3 is 10.2 Å². The van der Waals surface area contributed by atoms with Crippen LogP contribution in [-0.4, -0.2) is 37.2 Å². The maximum atomic E-state index is 11.7. The molecule has 1 aromatic rings. The van der Waals surface area contributed by atoms with Gasteiger partial charge in [0.25, 0.3) is 0 Å². The Kier molecular flexibility index (Phi) is 5.51. The summed E-state index contributed by atoms with van der Waals surface area (Å²) in [6.07, 6.45) is 0. The normalized spacial score (nSPS) is 12.2.